The molecule has 0 saturated heterocycles. The summed E-state index contributed by atoms with van der Waals surface area (Å²) < 4.78 is 57.1. The highest BCUT2D eigenvalue weighted by molar-refractivity contribution is 5.96. The number of aryl methyl sites for hydroxylation is 2. The molecular formula is C26H22F4N6O2. The molecule has 4 aromatic rings. The lowest BCUT2D eigenvalue weighted by atomic mass is 9.99. The van der Waals surface area contributed by atoms with Crippen molar-refractivity contribution in [2.24, 2.45) is 13.0 Å². The molecule has 1 unspecified atom stereocenters. The van der Waals surface area contributed by atoms with Gasteiger partial charge in [-0.05, 0) is 54.3 Å². The van der Waals surface area contributed by atoms with E-state index >= 15 is 0 Å². The zero-order valence-corrected chi connectivity index (χ0v) is 20.1. The summed E-state index contributed by atoms with van der Waals surface area (Å²) in [4.78, 5) is 29.9. The van der Waals surface area contributed by atoms with E-state index in [1.54, 1.807) is 6.08 Å². The number of hydrogen-bond acceptors (Lipinski definition) is 4. The van der Waals surface area contributed by atoms with Crippen LogP contribution < -0.4 is 11.0 Å². The highest BCUT2D eigenvalue weighted by atomic mass is 19.4. The van der Waals surface area contributed by atoms with Crippen molar-refractivity contribution < 1.29 is 22.4 Å². The van der Waals surface area contributed by atoms with Gasteiger partial charge in [0.05, 0.1) is 16.6 Å². The number of carbonyl (C=O) groups is 1. The van der Waals surface area contributed by atoms with Crippen LogP contribution in [0, 0.1) is 11.7 Å². The van der Waals surface area contributed by atoms with E-state index in [-0.39, 0.29) is 22.5 Å². The zero-order valence-electron chi connectivity index (χ0n) is 20.1. The van der Waals surface area contributed by atoms with E-state index in [0.29, 0.717) is 29.9 Å². The number of benzene rings is 2. The third-order valence-corrected chi connectivity index (χ3v) is 6.38. The summed E-state index contributed by atoms with van der Waals surface area (Å²) in [5.41, 5.74) is -0.236. The van der Waals surface area contributed by atoms with Gasteiger partial charge in [0.15, 0.2) is 0 Å². The van der Waals surface area contributed by atoms with Crippen molar-refractivity contribution in [2.75, 3.05) is 5.32 Å². The number of H-pyrrole nitrogens is 1. The Balaban J connectivity index is 1.52. The number of rotatable bonds is 7. The Morgan fingerprint density at radius 2 is 1.95 bits per heavy atom. The van der Waals surface area contributed by atoms with Gasteiger partial charge in [0, 0.05) is 24.7 Å². The Morgan fingerprint density at radius 1 is 1.18 bits per heavy atom. The monoisotopic (exact) mass is 526 g/mol. The Hall–Kier alpha value is -4.48. The number of nitrogens with one attached hydrogen (secondary N) is 2. The second-order valence-corrected chi connectivity index (χ2v) is 8.97. The fraction of sp³-hybridized carbons (Fsp3) is 0.231. The van der Waals surface area contributed by atoms with E-state index in [1.165, 1.54) is 30.1 Å². The number of anilines is 1. The van der Waals surface area contributed by atoms with E-state index in [1.807, 2.05) is 12.2 Å². The van der Waals surface area contributed by atoms with Crippen LogP contribution in [0.1, 0.15) is 23.4 Å². The normalized spacial score (nSPS) is 15.3. The first-order valence-electron chi connectivity index (χ1n) is 11.7. The maximum atomic E-state index is 13.9. The summed E-state index contributed by atoms with van der Waals surface area (Å²) >= 11 is 0. The van der Waals surface area contributed by atoms with Crippen molar-refractivity contribution in [3.8, 4) is 0 Å². The Bertz CT molecular complexity index is 1610. The standard InChI is InChI=1S/C26H22F4N6O2/c1-35-24-20(16-4-2-15(10-16)3-9-22-31-14-32-34-22)11-17(26(28,29)30)12-21(24)36(25(35)38)13-23(37)33-19-7-5-18(27)6-8-19/h2,4-8,10-12,14-15H,3,9,13H2,1H3,(H,33,37)(H,31,32,34). The molecule has 2 aromatic heterocycles. The Labute approximate surface area is 213 Å². The van der Waals surface area contributed by atoms with E-state index in [9.17, 15) is 27.2 Å². The summed E-state index contributed by atoms with van der Waals surface area (Å²) in [7, 11) is 1.45. The summed E-state index contributed by atoms with van der Waals surface area (Å²) in [5, 5.41) is 9.19. The first-order valence-corrected chi connectivity index (χ1v) is 11.7. The van der Waals surface area contributed by atoms with Crippen LogP contribution in [0.5, 0.6) is 0 Å². The first kappa shape index (κ1) is 25.2. The highest BCUT2D eigenvalue weighted by Crippen LogP contribution is 2.37. The van der Waals surface area contributed by atoms with E-state index in [4.69, 9.17) is 0 Å². The number of aromatic amines is 1. The lowest BCUT2D eigenvalue weighted by Gasteiger charge is -2.13. The number of hydrogen-bond donors (Lipinski definition) is 2. The summed E-state index contributed by atoms with van der Waals surface area (Å²) in [6.45, 7) is -0.525. The number of halogens is 4. The minimum Gasteiger partial charge on any atom is -0.325 e. The molecule has 1 atom stereocenters. The van der Waals surface area contributed by atoms with E-state index < -0.39 is 35.7 Å². The molecule has 12 heteroatoms. The molecule has 1 amide bonds. The molecule has 0 bridgehead atoms. The van der Waals surface area contributed by atoms with Gasteiger partial charge in [-0.2, -0.15) is 18.3 Å². The number of alkyl halides is 3. The average molecular weight is 526 g/mol. The predicted molar refractivity (Wildman–Crippen MR) is 133 cm³/mol. The Morgan fingerprint density at radius 3 is 2.63 bits per heavy atom. The number of nitrogens with zero attached hydrogens (tertiary/aromatic N) is 4. The molecule has 0 aliphatic heterocycles. The highest BCUT2D eigenvalue weighted by Gasteiger charge is 2.33. The smallest absolute Gasteiger partial charge is 0.325 e. The molecule has 38 heavy (non-hydrogen) atoms. The molecule has 2 aromatic carbocycles. The number of amides is 1. The van der Waals surface area contributed by atoms with Gasteiger partial charge in [-0.25, -0.2) is 14.2 Å². The maximum Gasteiger partial charge on any atom is 0.416 e. The molecule has 0 spiro atoms. The van der Waals surface area contributed by atoms with Crippen LogP contribution in [0.3, 0.4) is 0 Å². The number of carbonyl (C=O) groups excluding carboxylic acids is 1. The molecule has 1 aliphatic rings. The number of fused-ring (bicyclic) bond motifs is 1. The molecule has 0 saturated carbocycles. The Kier molecular flexibility index (Phi) is 6.47. The molecule has 5 rings (SSSR count). The first-order chi connectivity index (χ1) is 18.1. The molecule has 0 radical (unpaired) electrons. The second kappa shape index (κ2) is 9.77. The van der Waals surface area contributed by atoms with Crippen LogP contribution >= 0.6 is 0 Å². The summed E-state index contributed by atoms with van der Waals surface area (Å²) in [6.07, 6.45) is 3.52. The van der Waals surface area contributed by atoms with Gasteiger partial charge in [-0.1, -0.05) is 18.2 Å². The fourth-order valence-corrected chi connectivity index (χ4v) is 4.55. The number of aromatic nitrogens is 5. The van der Waals surface area contributed by atoms with Crippen LogP contribution in [0.25, 0.3) is 16.6 Å². The lowest BCUT2D eigenvalue weighted by Crippen LogP contribution is -2.28. The third-order valence-electron chi connectivity index (χ3n) is 6.38. The largest absolute Gasteiger partial charge is 0.416 e. The van der Waals surface area contributed by atoms with Gasteiger partial charge in [-0.3, -0.25) is 19.0 Å². The van der Waals surface area contributed by atoms with Gasteiger partial charge in [-0.15, -0.1) is 0 Å². The SMILES string of the molecule is Cn1c(=O)n(CC(=O)Nc2ccc(F)cc2)c2cc(C(F)(F)F)cc(C3=CC(CCc4nc[nH]n4)C=C3)c21. The molecule has 8 nitrogen and oxygen atoms in total. The van der Waals surface area contributed by atoms with Crippen molar-refractivity contribution in [1.82, 2.24) is 24.3 Å². The van der Waals surface area contributed by atoms with Gasteiger partial charge >= 0.3 is 11.9 Å². The predicted octanol–water partition coefficient (Wildman–Crippen LogP) is 4.46. The lowest BCUT2D eigenvalue weighted by molar-refractivity contribution is -0.137. The summed E-state index contributed by atoms with van der Waals surface area (Å²) in [5.74, 6) is -0.540. The van der Waals surface area contributed by atoms with Gasteiger partial charge in [0.2, 0.25) is 5.91 Å². The van der Waals surface area contributed by atoms with Gasteiger partial charge in [0.25, 0.3) is 0 Å². The average Bonchev–Trinajstić information content (AvgIpc) is 3.61. The van der Waals surface area contributed by atoms with Crippen LogP contribution in [0.2, 0.25) is 0 Å². The molecule has 0 fully saturated rings. The molecular weight excluding hydrogens is 504 g/mol. The van der Waals surface area contributed by atoms with Crippen molar-refractivity contribution >= 4 is 28.2 Å². The van der Waals surface area contributed by atoms with Crippen LogP contribution in [0.4, 0.5) is 23.2 Å². The van der Waals surface area contributed by atoms with E-state index in [0.717, 1.165) is 28.8 Å². The molecule has 1 aliphatic carbocycles. The molecule has 2 heterocycles. The van der Waals surface area contributed by atoms with Gasteiger partial charge < -0.3 is 5.32 Å². The van der Waals surface area contributed by atoms with Crippen LogP contribution in [-0.2, 0) is 31.0 Å². The number of allylic oxidation sites excluding steroid dienone is 4. The second-order valence-electron chi connectivity index (χ2n) is 8.97. The minimum absolute atomic E-state index is 0.0185. The third kappa shape index (κ3) is 5.01. The van der Waals surface area contributed by atoms with Crippen molar-refractivity contribution in [3.05, 3.63) is 94.2 Å². The van der Waals surface area contributed by atoms with E-state index in [2.05, 4.69) is 20.5 Å². The minimum atomic E-state index is -4.68. The fourth-order valence-electron chi connectivity index (χ4n) is 4.55. The quantitative estimate of drug-likeness (QED) is 0.348. The van der Waals surface area contributed by atoms with Crippen molar-refractivity contribution in [1.29, 1.82) is 0 Å². The summed E-state index contributed by atoms with van der Waals surface area (Å²) in [6, 6.07) is 6.91. The van der Waals surface area contributed by atoms with Crippen molar-refractivity contribution in [2.45, 2.75) is 25.6 Å². The van der Waals surface area contributed by atoms with Gasteiger partial charge in [0.1, 0.15) is 24.5 Å². The van der Waals surface area contributed by atoms with Crippen LogP contribution in [0.15, 0.2) is 65.7 Å². The van der Waals surface area contributed by atoms with Crippen LogP contribution in [-0.4, -0.2) is 30.2 Å². The number of imidazole rings is 1. The van der Waals surface area contributed by atoms with Crippen molar-refractivity contribution in [3.63, 3.8) is 0 Å². The maximum absolute atomic E-state index is 13.9. The topological polar surface area (TPSA) is 97.6 Å². The molecule has 196 valence electrons. The molecule has 2 N–H and O–H groups in total. The zero-order chi connectivity index (χ0) is 27.0.